The highest BCUT2D eigenvalue weighted by atomic mass is 16.2. The fraction of sp³-hybridized carbons (Fsp3) is 0.250. The van der Waals surface area contributed by atoms with E-state index in [-0.39, 0.29) is 11.6 Å². The molecular weight excluding hydrogens is 472 g/mol. The molecule has 6 heteroatoms. The second kappa shape index (κ2) is 7.60. The van der Waals surface area contributed by atoms with Gasteiger partial charge >= 0.3 is 0 Å². The normalized spacial score (nSPS) is 20.2. The first-order chi connectivity index (χ1) is 18.1. The van der Waals surface area contributed by atoms with Gasteiger partial charge in [0.2, 0.25) is 11.6 Å². The van der Waals surface area contributed by atoms with Crippen LogP contribution in [0.3, 0.4) is 0 Å². The summed E-state index contributed by atoms with van der Waals surface area (Å²) in [4.78, 5) is 43.0. The lowest BCUT2D eigenvalue weighted by molar-refractivity contribution is -0.138. The van der Waals surface area contributed by atoms with Gasteiger partial charge in [0.25, 0.3) is 0 Å². The smallest absolute Gasteiger partial charge is 0.210 e. The third-order valence-electron chi connectivity index (χ3n) is 8.97. The number of rotatable bonds is 0. The van der Waals surface area contributed by atoms with Crippen LogP contribution in [0.5, 0.6) is 0 Å². The Morgan fingerprint density at radius 2 is 0.895 bits per heavy atom. The fourth-order valence-electron chi connectivity index (χ4n) is 6.12. The van der Waals surface area contributed by atoms with Crippen LogP contribution >= 0.6 is 0 Å². The first-order valence-corrected chi connectivity index (χ1v) is 13.0. The summed E-state index contributed by atoms with van der Waals surface area (Å²) in [5.74, 6) is -1.79. The van der Waals surface area contributed by atoms with Gasteiger partial charge < -0.3 is 9.97 Å². The van der Waals surface area contributed by atoms with Crippen LogP contribution in [0.4, 0.5) is 0 Å². The molecule has 0 spiro atoms. The van der Waals surface area contributed by atoms with Crippen molar-refractivity contribution in [3.63, 3.8) is 0 Å². The molecule has 188 valence electrons. The summed E-state index contributed by atoms with van der Waals surface area (Å²) in [7, 11) is 0. The molecule has 6 nitrogen and oxygen atoms in total. The van der Waals surface area contributed by atoms with E-state index in [1.54, 1.807) is 0 Å². The Bertz CT molecular complexity index is 1930. The van der Waals surface area contributed by atoms with Gasteiger partial charge in [-0.25, -0.2) is 9.97 Å². The van der Waals surface area contributed by atoms with Crippen molar-refractivity contribution < 1.29 is 9.59 Å². The molecule has 1 unspecified atom stereocenters. The molecule has 5 heterocycles. The second-order valence-electron chi connectivity index (χ2n) is 10.9. The van der Waals surface area contributed by atoms with Crippen molar-refractivity contribution in [2.45, 2.75) is 53.4 Å². The van der Waals surface area contributed by atoms with Crippen LogP contribution in [0.15, 0.2) is 36.4 Å². The molecule has 2 atom stereocenters. The number of aromatic nitrogens is 4. The van der Waals surface area contributed by atoms with Crippen molar-refractivity contribution in [1.29, 1.82) is 0 Å². The van der Waals surface area contributed by atoms with E-state index in [4.69, 9.17) is 9.97 Å². The van der Waals surface area contributed by atoms with Crippen molar-refractivity contribution >= 4 is 55.9 Å². The van der Waals surface area contributed by atoms with E-state index < -0.39 is 11.8 Å². The molecule has 0 fully saturated rings. The lowest BCUT2D eigenvalue weighted by Gasteiger charge is -2.28. The molecule has 0 amide bonds. The molecule has 5 aliphatic rings. The van der Waals surface area contributed by atoms with E-state index in [1.165, 1.54) is 0 Å². The third-order valence-corrected chi connectivity index (χ3v) is 8.97. The van der Waals surface area contributed by atoms with Gasteiger partial charge in [0.05, 0.1) is 34.6 Å². The lowest BCUT2D eigenvalue weighted by atomic mass is 9.70. The molecule has 0 radical (unpaired) electrons. The zero-order valence-corrected chi connectivity index (χ0v) is 22.3. The maximum atomic E-state index is 12.9. The minimum Gasteiger partial charge on any atom is -0.355 e. The highest BCUT2D eigenvalue weighted by Gasteiger charge is 2.44. The predicted molar refractivity (Wildman–Crippen MR) is 151 cm³/mol. The van der Waals surface area contributed by atoms with Crippen LogP contribution in [0.2, 0.25) is 0 Å². The van der Waals surface area contributed by atoms with E-state index in [2.05, 4.69) is 69.7 Å². The van der Waals surface area contributed by atoms with Gasteiger partial charge in [-0.2, -0.15) is 0 Å². The molecule has 0 saturated heterocycles. The van der Waals surface area contributed by atoms with Crippen LogP contribution in [0, 0.1) is 13.8 Å². The Labute approximate surface area is 220 Å². The van der Waals surface area contributed by atoms with Crippen molar-refractivity contribution in [2.75, 3.05) is 0 Å². The van der Waals surface area contributed by atoms with Crippen molar-refractivity contribution in [3.8, 4) is 0 Å². The van der Waals surface area contributed by atoms with E-state index in [0.717, 1.165) is 89.4 Å². The number of hydrogen-bond donors (Lipinski definition) is 2. The molecule has 8 rings (SSSR count). The van der Waals surface area contributed by atoms with Gasteiger partial charge in [0.1, 0.15) is 0 Å². The number of nitrogens with zero attached hydrogens (tertiary/aromatic N) is 2. The van der Waals surface area contributed by atoms with Gasteiger partial charge in [-0.05, 0) is 110 Å². The molecule has 2 aliphatic heterocycles. The van der Waals surface area contributed by atoms with Crippen LogP contribution < -0.4 is 0 Å². The Morgan fingerprint density at radius 1 is 0.526 bits per heavy atom. The second-order valence-corrected chi connectivity index (χ2v) is 10.9. The summed E-state index contributed by atoms with van der Waals surface area (Å²) in [5, 5.41) is 0. The summed E-state index contributed by atoms with van der Waals surface area (Å²) < 4.78 is 0. The molecule has 38 heavy (non-hydrogen) atoms. The van der Waals surface area contributed by atoms with Gasteiger partial charge in [0, 0.05) is 22.1 Å². The molecular formula is C32H28N4O2. The number of allylic oxidation sites excluding steroid dienone is 6. The van der Waals surface area contributed by atoms with Crippen LogP contribution in [-0.2, 0) is 9.59 Å². The molecule has 0 saturated carbocycles. The molecule has 0 aromatic carbocycles. The van der Waals surface area contributed by atoms with Crippen LogP contribution in [0.25, 0.3) is 44.4 Å². The van der Waals surface area contributed by atoms with Gasteiger partial charge in [-0.3, -0.25) is 9.59 Å². The summed E-state index contributed by atoms with van der Waals surface area (Å²) in [5.41, 5.74) is 15.8. The highest BCUT2D eigenvalue weighted by molar-refractivity contribution is 6.44. The molecule has 10 bridgehead atoms. The number of aryl methyl sites for hydroxylation is 2. The number of hydrogen-bond acceptors (Lipinski definition) is 4. The van der Waals surface area contributed by atoms with E-state index in [1.807, 2.05) is 18.2 Å². The van der Waals surface area contributed by atoms with Crippen molar-refractivity contribution in [3.05, 3.63) is 81.4 Å². The highest BCUT2D eigenvalue weighted by Crippen LogP contribution is 2.46. The Balaban J connectivity index is 1.67. The monoisotopic (exact) mass is 500 g/mol. The van der Waals surface area contributed by atoms with Crippen LogP contribution in [0.1, 0.15) is 84.6 Å². The number of aromatic amines is 2. The SMILES string of the molecule is CC1=C(C)c2cc3[nH]c(cc4[nH]c(cc5nc(cc1n2)C(C)=C5C)c1c4C2C=C[C@@H]1C(=O)C2=O)c(C)c3C. The Hall–Kier alpha value is -4.32. The number of H-pyrrole nitrogens is 2. The summed E-state index contributed by atoms with van der Waals surface area (Å²) >= 11 is 0. The van der Waals surface area contributed by atoms with Crippen molar-refractivity contribution in [2.24, 2.45) is 0 Å². The number of fused-ring (bicyclic) bond motifs is 9. The zero-order chi connectivity index (χ0) is 26.6. The molecule has 3 aromatic rings. The van der Waals surface area contributed by atoms with Crippen molar-refractivity contribution in [1.82, 2.24) is 19.9 Å². The first-order valence-electron chi connectivity index (χ1n) is 13.0. The number of carbonyl (C=O) groups is 2. The maximum absolute atomic E-state index is 12.9. The standard InChI is InChI=1S/C32H28N4O2/c1-13-14(2)22-10-24-16(4)18(6)26(35-24)12-28-30-20-8-7-19(31(37)32(20)38)29(30)27(36-28)11-25-17(5)15(3)23(34-25)9-21(13)33-22/h7-12,19-20,34,36H,1-6H3/t19?,20-/m0/s1. The van der Waals surface area contributed by atoms with E-state index in [0.29, 0.717) is 0 Å². The maximum Gasteiger partial charge on any atom is 0.210 e. The largest absolute Gasteiger partial charge is 0.355 e. The fourth-order valence-corrected chi connectivity index (χ4v) is 6.12. The van der Waals surface area contributed by atoms with E-state index >= 15 is 0 Å². The number of ketones is 2. The number of nitrogens with one attached hydrogen (secondary N) is 2. The average molecular weight is 501 g/mol. The summed E-state index contributed by atoms with van der Waals surface area (Å²) in [6.07, 6.45) is 3.76. The Morgan fingerprint density at radius 3 is 1.39 bits per heavy atom. The molecule has 3 aromatic heterocycles. The van der Waals surface area contributed by atoms with Crippen LogP contribution in [-0.4, -0.2) is 31.5 Å². The third kappa shape index (κ3) is 2.94. The minimum absolute atomic E-state index is 0.330. The predicted octanol–water partition coefficient (Wildman–Crippen LogP) is 6.72. The van der Waals surface area contributed by atoms with E-state index in [9.17, 15) is 9.59 Å². The quantitative estimate of drug-likeness (QED) is 0.265. The molecule has 3 aliphatic carbocycles. The van der Waals surface area contributed by atoms with Gasteiger partial charge in [-0.1, -0.05) is 12.2 Å². The number of Topliss-reactive ketones (excluding diaryl/α,β-unsaturated/α-hetero) is 2. The summed E-state index contributed by atoms with van der Waals surface area (Å²) in [6, 6.07) is 8.29. The zero-order valence-electron chi connectivity index (χ0n) is 22.3. The number of carbonyl (C=O) groups excluding carboxylic acids is 2. The topological polar surface area (TPSA) is 91.5 Å². The average Bonchev–Trinajstić information content (AvgIpc) is 3.56. The Kier molecular flexibility index (Phi) is 4.57. The summed E-state index contributed by atoms with van der Waals surface area (Å²) in [6.45, 7) is 12.6. The lowest BCUT2D eigenvalue weighted by Crippen LogP contribution is -2.35. The first kappa shape index (κ1) is 22.8. The minimum atomic E-state index is -0.566. The van der Waals surface area contributed by atoms with Gasteiger partial charge in [-0.15, -0.1) is 0 Å². The van der Waals surface area contributed by atoms with Gasteiger partial charge in [0.15, 0.2) is 0 Å². The molecule has 2 N–H and O–H groups in total.